The summed E-state index contributed by atoms with van der Waals surface area (Å²) in [6.45, 7) is 12.0. The van der Waals surface area contributed by atoms with Crippen molar-refractivity contribution in [2.75, 3.05) is 0 Å². The van der Waals surface area contributed by atoms with Crippen molar-refractivity contribution < 1.29 is 0 Å². The topological polar surface area (TPSA) is 0 Å². The molecule has 0 atom stereocenters. The van der Waals surface area contributed by atoms with E-state index in [4.69, 9.17) is 0 Å². The standard InChI is InChI=1S/C17H32/c1-13(2)15-6-8-17(9-7-15)11-14(12-17)10-16(3,4)5/h13-15H,6-12H2,1-5H3. The molecular formula is C17H32. The fraction of sp³-hybridized carbons (Fsp3) is 1.00. The average molecular weight is 236 g/mol. The zero-order valence-corrected chi connectivity index (χ0v) is 12.7. The Hall–Kier alpha value is 0. The van der Waals surface area contributed by atoms with Crippen molar-refractivity contribution in [2.45, 2.75) is 79.6 Å². The zero-order chi connectivity index (χ0) is 12.7. The van der Waals surface area contributed by atoms with E-state index in [2.05, 4.69) is 34.6 Å². The smallest absolute Gasteiger partial charge is 0.0292 e. The first kappa shape index (κ1) is 13.4. The molecular weight excluding hydrogens is 204 g/mol. The highest BCUT2D eigenvalue weighted by molar-refractivity contribution is 4.97. The lowest BCUT2D eigenvalue weighted by Gasteiger charge is -2.53. The lowest BCUT2D eigenvalue weighted by atomic mass is 9.52. The summed E-state index contributed by atoms with van der Waals surface area (Å²) in [5, 5.41) is 0. The van der Waals surface area contributed by atoms with Crippen LogP contribution in [0.5, 0.6) is 0 Å². The SMILES string of the molecule is CC(C)C1CCC2(CC1)CC(CC(C)(C)C)C2. The van der Waals surface area contributed by atoms with Gasteiger partial charge in [-0.25, -0.2) is 0 Å². The van der Waals surface area contributed by atoms with Gasteiger partial charge in [-0.1, -0.05) is 34.6 Å². The Kier molecular flexibility index (Phi) is 3.63. The first-order chi connectivity index (χ1) is 7.80. The van der Waals surface area contributed by atoms with Crippen molar-refractivity contribution >= 4 is 0 Å². The maximum atomic E-state index is 2.41. The van der Waals surface area contributed by atoms with Crippen LogP contribution in [0, 0.1) is 28.6 Å². The molecule has 0 amide bonds. The van der Waals surface area contributed by atoms with Crippen molar-refractivity contribution in [1.82, 2.24) is 0 Å². The molecule has 0 nitrogen and oxygen atoms in total. The first-order valence-electron chi connectivity index (χ1n) is 7.80. The molecule has 17 heavy (non-hydrogen) atoms. The van der Waals surface area contributed by atoms with Gasteiger partial charge in [0.1, 0.15) is 0 Å². The highest BCUT2D eigenvalue weighted by Crippen LogP contribution is 2.58. The summed E-state index contributed by atoms with van der Waals surface area (Å²) in [7, 11) is 0. The minimum Gasteiger partial charge on any atom is -0.0625 e. The Morgan fingerprint density at radius 1 is 1.06 bits per heavy atom. The molecule has 0 bridgehead atoms. The molecule has 2 aliphatic rings. The van der Waals surface area contributed by atoms with Gasteiger partial charge in [-0.05, 0) is 73.5 Å². The second-order valence-corrected chi connectivity index (χ2v) is 8.62. The van der Waals surface area contributed by atoms with E-state index in [1.165, 1.54) is 32.1 Å². The van der Waals surface area contributed by atoms with Gasteiger partial charge in [-0.15, -0.1) is 0 Å². The summed E-state index contributed by atoms with van der Waals surface area (Å²) >= 11 is 0. The first-order valence-corrected chi connectivity index (χ1v) is 7.80. The van der Waals surface area contributed by atoms with Crippen LogP contribution in [0.1, 0.15) is 79.6 Å². The van der Waals surface area contributed by atoms with Gasteiger partial charge in [-0.3, -0.25) is 0 Å². The van der Waals surface area contributed by atoms with Crippen LogP contribution in [0.25, 0.3) is 0 Å². The van der Waals surface area contributed by atoms with Crippen LogP contribution in [0.3, 0.4) is 0 Å². The summed E-state index contributed by atoms with van der Waals surface area (Å²) in [5.41, 5.74) is 1.35. The lowest BCUT2D eigenvalue weighted by molar-refractivity contribution is -0.0217. The van der Waals surface area contributed by atoms with Crippen molar-refractivity contribution in [1.29, 1.82) is 0 Å². The minimum atomic E-state index is 0.543. The third-order valence-corrected chi connectivity index (χ3v) is 5.38. The van der Waals surface area contributed by atoms with E-state index >= 15 is 0 Å². The zero-order valence-electron chi connectivity index (χ0n) is 12.7. The molecule has 2 aliphatic carbocycles. The largest absolute Gasteiger partial charge is 0.0625 e. The lowest BCUT2D eigenvalue weighted by Crippen LogP contribution is -2.42. The maximum absolute atomic E-state index is 2.41. The Morgan fingerprint density at radius 3 is 2.00 bits per heavy atom. The van der Waals surface area contributed by atoms with Crippen LogP contribution in [-0.4, -0.2) is 0 Å². The van der Waals surface area contributed by atoms with Crippen LogP contribution >= 0.6 is 0 Å². The Morgan fingerprint density at radius 2 is 1.59 bits per heavy atom. The van der Waals surface area contributed by atoms with Gasteiger partial charge in [0.05, 0.1) is 0 Å². The molecule has 0 heterocycles. The normalized spacial score (nSPS) is 38.5. The molecule has 2 rings (SSSR count). The molecule has 2 fully saturated rings. The van der Waals surface area contributed by atoms with Crippen molar-refractivity contribution in [3.63, 3.8) is 0 Å². The predicted molar refractivity (Wildman–Crippen MR) is 76.0 cm³/mol. The molecule has 0 aromatic carbocycles. The van der Waals surface area contributed by atoms with Gasteiger partial charge >= 0.3 is 0 Å². The van der Waals surface area contributed by atoms with Crippen LogP contribution in [0.15, 0.2) is 0 Å². The highest BCUT2D eigenvalue weighted by atomic mass is 14.5. The van der Waals surface area contributed by atoms with Crippen LogP contribution in [-0.2, 0) is 0 Å². The fourth-order valence-corrected chi connectivity index (χ4v) is 4.50. The third kappa shape index (κ3) is 3.26. The van der Waals surface area contributed by atoms with E-state index in [1.807, 2.05) is 0 Å². The van der Waals surface area contributed by atoms with Crippen LogP contribution in [0.4, 0.5) is 0 Å². The third-order valence-electron chi connectivity index (χ3n) is 5.38. The summed E-state index contributed by atoms with van der Waals surface area (Å²) in [4.78, 5) is 0. The summed E-state index contributed by atoms with van der Waals surface area (Å²) in [6, 6.07) is 0. The number of rotatable bonds is 2. The minimum absolute atomic E-state index is 0.543. The van der Waals surface area contributed by atoms with E-state index in [0.29, 0.717) is 5.41 Å². The van der Waals surface area contributed by atoms with Crippen LogP contribution in [0.2, 0.25) is 0 Å². The Labute approximate surface area is 109 Å². The van der Waals surface area contributed by atoms with Crippen molar-refractivity contribution in [3.8, 4) is 0 Å². The Balaban J connectivity index is 1.76. The molecule has 0 aromatic heterocycles. The average Bonchev–Trinajstić information content (AvgIpc) is 2.13. The van der Waals surface area contributed by atoms with E-state index in [9.17, 15) is 0 Å². The summed E-state index contributed by atoms with van der Waals surface area (Å²) in [6.07, 6.45) is 10.7. The van der Waals surface area contributed by atoms with Gasteiger partial charge in [0, 0.05) is 0 Å². The molecule has 0 unspecified atom stereocenters. The molecule has 2 saturated carbocycles. The maximum Gasteiger partial charge on any atom is -0.0292 e. The number of hydrogen-bond donors (Lipinski definition) is 0. The monoisotopic (exact) mass is 236 g/mol. The molecule has 0 saturated heterocycles. The van der Waals surface area contributed by atoms with E-state index < -0.39 is 0 Å². The molecule has 0 radical (unpaired) electrons. The quantitative estimate of drug-likeness (QED) is 0.580. The van der Waals surface area contributed by atoms with Crippen molar-refractivity contribution in [3.05, 3.63) is 0 Å². The van der Waals surface area contributed by atoms with Gasteiger partial charge in [0.15, 0.2) is 0 Å². The van der Waals surface area contributed by atoms with Crippen LogP contribution < -0.4 is 0 Å². The molecule has 0 aromatic rings. The second kappa shape index (κ2) is 4.59. The van der Waals surface area contributed by atoms with Gasteiger partial charge in [0.25, 0.3) is 0 Å². The molecule has 0 aliphatic heterocycles. The van der Waals surface area contributed by atoms with Gasteiger partial charge in [-0.2, -0.15) is 0 Å². The highest BCUT2D eigenvalue weighted by Gasteiger charge is 2.46. The van der Waals surface area contributed by atoms with Gasteiger partial charge in [0.2, 0.25) is 0 Å². The fourth-order valence-electron chi connectivity index (χ4n) is 4.50. The second-order valence-electron chi connectivity index (χ2n) is 8.62. The predicted octanol–water partition coefficient (Wildman–Crippen LogP) is 5.67. The summed E-state index contributed by atoms with van der Waals surface area (Å²) < 4.78 is 0. The van der Waals surface area contributed by atoms with E-state index in [-0.39, 0.29) is 0 Å². The summed E-state index contributed by atoms with van der Waals surface area (Å²) in [5.74, 6) is 2.99. The molecule has 1 spiro atoms. The molecule has 100 valence electrons. The van der Waals surface area contributed by atoms with Gasteiger partial charge < -0.3 is 0 Å². The number of hydrogen-bond acceptors (Lipinski definition) is 0. The van der Waals surface area contributed by atoms with E-state index in [0.717, 1.165) is 23.2 Å². The Bertz CT molecular complexity index is 240. The van der Waals surface area contributed by atoms with E-state index in [1.54, 1.807) is 12.8 Å². The molecule has 0 heteroatoms. The molecule has 0 N–H and O–H groups in total. The van der Waals surface area contributed by atoms with Crippen molar-refractivity contribution in [2.24, 2.45) is 28.6 Å².